The molecule has 1 saturated heterocycles. The van der Waals surface area contributed by atoms with Crippen LogP contribution in [0.25, 0.3) is 5.57 Å². The number of pyridine rings is 2. The molecule has 0 spiro atoms. The number of amides is 2. The summed E-state index contributed by atoms with van der Waals surface area (Å²) in [6.45, 7) is 2.83. The van der Waals surface area contributed by atoms with Gasteiger partial charge in [-0.3, -0.25) is 19.5 Å². The summed E-state index contributed by atoms with van der Waals surface area (Å²) in [5, 5.41) is 0. The van der Waals surface area contributed by atoms with E-state index in [1.165, 1.54) is 4.90 Å². The van der Waals surface area contributed by atoms with E-state index in [0.29, 0.717) is 48.8 Å². The quantitative estimate of drug-likeness (QED) is 0.529. The Morgan fingerprint density at radius 2 is 1.62 bits per heavy atom. The van der Waals surface area contributed by atoms with Gasteiger partial charge in [0, 0.05) is 44.8 Å². The van der Waals surface area contributed by atoms with Gasteiger partial charge in [0.25, 0.3) is 11.8 Å². The Morgan fingerprint density at radius 1 is 0.853 bits per heavy atom. The fourth-order valence-corrected chi connectivity index (χ4v) is 4.39. The van der Waals surface area contributed by atoms with Gasteiger partial charge in [0.05, 0.1) is 19.2 Å². The van der Waals surface area contributed by atoms with Crippen molar-refractivity contribution in [3.8, 4) is 5.75 Å². The minimum Gasteiger partial charge on any atom is -0.497 e. The van der Waals surface area contributed by atoms with Crippen LogP contribution in [0.1, 0.15) is 11.1 Å². The van der Waals surface area contributed by atoms with Gasteiger partial charge in [-0.15, -0.1) is 0 Å². The predicted octanol–water partition coefficient (Wildman–Crippen LogP) is 2.59. The van der Waals surface area contributed by atoms with Gasteiger partial charge in [0.2, 0.25) is 0 Å². The number of hydrogen-bond acceptors (Lipinski definition) is 7. The number of imide groups is 1. The summed E-state index contributed by atoms with van der Waals surface area (Å²) >= 11 is 0. The van der Waals surface area contributed by atoms with Gasteiger partial charge >= 0.3 is 0 Å². The minimum absolute atomic E-state index is 0.183. The van der Waals surface area contributed by atoms with Gasteiger partial charge in [-0.05, 0) is 41.5 Å². The SMILES string of the molecule is COc1ccc(C2=C(N3CCN(c4ccccn4)CC3)C(=O)N(Cc3cccnc3)C2=O)cc1. The molecule has 2 aliphatic rings. The Hall–Kier alpha value is -4.20. The minimum atomic E-state index is -0.291. The number of aromatic nitrogens is 2. The van der Waals surface area contributed by atoms with Crippen LogP contribution in [0.15, 0.2) is 78.9 Å². The van der Waals surface area contributed by atoms with E-state index in [0.717, 1.165) is 11.4 Å². The standard InChI is InChI=1S/C26H25N5O3/c1-34-21-9-7-20(8-10-21)23-24(26(33)31(25(23)32)18-19-5-4-11-27-17-19)30-15-13-29(14-16-30)22-6-2-3-12-28-22/h2-12,17H,13-16,18H2,1H3. The third kappa shape index (κ3) is 4.10. The fraction of sp³-hybridized carbons (Fsp3) is 0.231. The molecule has 1 aromatic carbocycles. The van der Waals surface area contributed by atoms with Crippen molar-refractivity contribution in [3.05, 3.63) is 90.0 Å². The van der Waals surface area contributed by atoms with Crippen LogP contribution in [0.4, 0.5) is 5.82 Å². The van der Waals surface area contributed by atoms with E-state index in [1.54, 1.807) is 43.9 Å². The van der Waals surface area contributed by atoms with Crippen molar-refractivity contribution in [2.45, 2.75) is 6.54 Å². The molecule has 0 bridgehead atoms. The number of methoxy groups -OCH3 is 1. The van der Waals surface area contributed by atoms with Crippen molar-refractivity contribution in [1.29, 1.82) is 0 Å². The highest BCUT2D eigenvalue weighted by Crippen LogP contribution is 2.34. The van der Waals surface area contributed by atoms with Crippen molar-refractivity contribution >= 4 is 23.2 Å². The molecule has 0 aliphatic carbocycles. The van der Waals surface area contributed by atoms with Gasteiger partial charge in [0.1, 0.15) is 17.3 Å². The second-order valence-electron chi connectivity index (χ2n) is 8.17. The van der Waals surface area contributed by atoms with Crippen LogP contribution >= 0.6 is 0 Å². The Balaban J connectivity index is 1.45. The lowest BCUT2D eigenvalue weighted by atomic mass is 10.0. The Kier molecular flexibility index (Phi) is 5.95. The van der Waals surface area contributed by atoms with Crippen LogP contribution in [-0.4, -0.2) is 64.9 Å². The zero-order valence-electron chi connectivity index (χ0n) is 18.9. The Morgan fingerprint density at radius 3 is 2.26 bits per heavy atom. The topological polar surface area (TPSA) is 78.9 Å². The van der Waals surface area contributed by atoms with Crippen LogP contribution in [0, 0.1) is 0 Å². The van der Waals surface area contributed by atoms with Gasteiger partial charge < -0.3 is 14.5 Å². The van der Waals surface area contributed by atoms with E-state index < -0.39 is 0 Å². The number of piperazine rings is 1. The summed E-state index contributed by atoms with van der Waals surface area (Å²) in [7, 11) is 1.60. The normalized spacial score (nSPS) is 16.4. The molecule has 5 rings (SSSR count). The van der Waals surface area contributed by atoms with Crippen LogP contribution in [-0.2, 0) is 16.1 Å². The number of rotatable bonds is 6. The lowest BCUT2D eigenvalue weighted by Crippen LogP contribution is -2.47. The maximum absolute atomic E-state index is 13.6. The predicted molar refractivity (Wildman–Crippen MR) is 128 cm³/mol. The van der Waals surface area contributed by atoms with Gasteiger partial charge in [-0.2, -0.15) is 0 Å². The number of ether oxygens (including phenoxy) is 1. The highest BCUT2D eigenvalue weighted by molar-refractivity contribution is 6.35. The lowest BCUT2D eigenvalue weighted by Gasteiger charge is -2.37. The Labute approximate surface area is 198 Å². The first kappa shape index (κ1) is 21.6. The molecule has 0 saturated carbocycles. The maximum atomic E-state index is 13.6. The molecule has 4 heterocycles. The number of carbonyl (C=O) groups excluding carboxylic acids is 2. The molecule has 2 amide bonds. The first-order chi connectivity index (χ1) is 16.7. The molecule has 0 unspecified atom stereocenters. The molecule has 0 atom stereocenters. The third-order valence-corrected chi connectivity index (χ3v) is 6.15. The number of carbonyl (C=O) groups is 2. The molecule has 0 N–H and O–H groups in total. The molecular weight excluding hydrogens is 430 g/mol. The van der Waals surface area contributed by atoms with Crippen molar-refractivity contribution in [2.24, 2.45) is 0 Å². The molecule has 2 aromatic heterocycles. The van der Waals surface area contributed by atoms with Gasteiger partial charge in [-0.25, -0.2) is 4.98 Å². The van der Waals surface area contributed by atoms with Crippen molar-refractivity contribution in [3.63, 3.8) is 0 Å². The zero-order chi connectivity index (χ0) is 23.5. The third-order valence-electron chi connectivity index (χ3n) is 6.15. The molecule has 0 radical (unpaired) electrons. The van der Waals surface area contributed by atoms with E-state index in [4.69, 9.17) is 4.74 Å². The Bertz CT molecular complexity index is 1200. The molecule has 1 fully saturated rings. The monoisotopic (exact) mass is 455 g/mol. The molecule has 8 nitrogen and oxygen atoms in total. The molecule has 8 heteroatoms. The molecule has 34 heavy (non-hydrogen) atoms. The average molecular weight is 456 g/mol. The van der Waals surface area contributed by atoms with Crippen LogP contribution in [0.5, 0.6) is 5.75 Å². The zero-order valence-corrected chi connectivity index (χ0v) is 18.9. The number of anilines is 1. The summed E-state index contributed by atoms with van der Waals surface area (Å²) in [5.41, 5.74) is 2.40. The average Bonchev–Trinajstić information content (AvgIpc) is 3.15. The number of nitrogens with zero attached hydrogens (tertiary/aromatic N) is 5. The summed E-state index contributed by atoms with van der Waals surface area (Å²) in [4.78, 5) is 41.3. The number of benzene rings is 1. The van der Waals surface area contributed by atoms with Gasteiger partial charge in [0.15, 0.2) is 0 Å². The summed E-state index contributed by atoms with van der Waals surface area (Å²) in [6, 6.07) is 16.8. The van der Waals surface area contributed by atoms with E-state index in [-0.39, 0.29) is 18.4 Å². The van der Waals surface area contributed by atoms with E-state index in [1.807, 2.05) is 41.3 Å². The second kappa shape index (κ2) is 9.35. The number of hydrogen-bond donors (Lipinski definition) is 0. The highest BCUT2D eigenvalue weighted by Gasteiger charge is 2.42. The largest absolute Gasteiger partial charge is 0.497 e. The van der Waals surface area contributed by atoms with Crippen molar-refractivity contribution in [2.75, 3.05) is 38.2 Å². The van der Waals surface area contributed by atoms with Crippen molar-refractivity contribution < 1.29 is 14.3 Å². The summed E-state index contributed by atoms with van der Waals surface area (Å²) in [5.74, 6) is 1.05. The first-order valence-electron chi connectivity index (χ1n) is 11.2. The maximum Gasteiger partial charge on any atom is 0.278 e. The lowest BCUT2D eigenvalue weighted by molar-refractivity contribution is -0.138. The van der Waals surface area contributed by atoms with E-state index in [9.17, 15) is 9.59 Å². The summed E-state index contributed by atoms with van der Waals surface area (Å²) in [6.07, 6.45) is 5.13. The summed E-state index contributed by atoms with van der Waals surface area (Å²) < 4.78 is 5.27. The molecule has 3 aromatic rings. The molecule has 172 valence electrons. The van der Waals surface area contributed by atoms with E-state index in [2.05, 4.69) is 14.9 Å². The van der Waals surface area contributed by atoms with Crippen LogP contribution in [0.2, 0.25) is 0 Å². The molecular formula is C26H25N5O3. The van der Waals surface area contributed by atoms with Crippen LogP contribution in [0.3, 0.4) is 0 Å². The van der Waals surface area contributed by atoms with Crippen LogP contribution < -0.4 is 9.64 Å². The van der Waals surface area contributed by atoms with E-state index >= 15 is 0 Å². The highest BCUT2D eigenvalue weighted by atomic mass is 16.5. The smallest absolute Gasteiger partial charge is 0.278 e. The fourth-order valence-electron chi connectivity index (χ4n) is 4.39. The van der Waals surface area contributed by atoms with Crippen molar-refractivity contribution in [1.82, 2.24) is 19.8 Å². The van der Waals surface area contributed by atoms with Gasteiger partial charge in [-0.1, -0.05) is 24.3 Å². The second-order valence-corrected chi connectivity index (χ2v) is 8.17. The molecule has 2 aliphatic heterocycles. The first-order valence-corrected chi connectivity index (χ1v) is 11.2.